The van der Waals surface area contributed by atoms with Gasteiger partial charge in [-0.25, -0.2) is 0 Å². The van der Waals surface area contributed by atoms with Crippen molar-refractivity contribution in [1.82, 2.24) is 5.32 Å². The molecule has 0 radical (unpaired) electrons. The Kier molecular flexibility index (Phi) is 3.93. The Labute approximate surface area is 112 Å². The molecule has 0 spiro atoms. The summed E-state index contributed by atoms with van der Waals surface area (Å²) in [6.07, 6.45) is 0.833. The standard InChI is InChI=1S/C14H18ClNO2/c1-10-14(2,8-9-18-10)16-13(17)12(15)11-6-4-3-5-7-11/h3-7,10,12H,8-9H2,1-2H3,(H,16,17). The van der Waals surface area contributed by atoms with E-state index in [9.17, 15) is 4.79 Å². The molecule has 1 aromatic rings. The minimum Gasteiger partial charge on any atom is -0.376 e. The maximum absolute atomic E-state index is 12.2. The molecule has 1 aromatic carbocycles. The Hall–Kier alpha value is -1.06. The lowest BCUT2D eigenvalue weighted by molar-refractivity contribution is -0.123. The predicted octanol–water partition coefficient (Wildman–Crippen LogP) is 2.65. The van der Waals surface area contributed by atoms with Crippen molar-refractivity contribution in [2.45, 2.75) is 37.3 Å². The summed E-state index contributed by atoms with van der Waals surface area (Å²) in [4.78, 5) is 12.2. The number of halogens is 1. The van der Waals surface area contributed by atoms with Crippen molar-refractivity contribution < 1.29 is 9.53 Å². The molecule has 1 saturated heterocycles. The summed E-state index contributed by atoms with van der Waals surface area (Å²) in [5.74, 6) is -0.164. The number of alkyl halides is 1. The highest BCUT2D eigenvalue weighted by molar-refractivity contribution is 6.30. The number of benzene rings is 1. The molecule has 2 rings (SSSR count). The van der Waals surface area contributed by atoms with Crippen molar-refractivity contribution in [3.8, 4) is 0 Å². The molecule has 1 aliphatic heterocycles. The smallest absolute Gasteiger partial charge is 0.243 e. The summed E-state index contributed by atoms with van der Waals surface area (Å²) >= 11 is 6.19. The first-order chi connectivity index (χ1) is 8.53. The third-order valence-corrected chi connectivity index (χ3v) is 4.07. The summed E-state index contributed by atoms with van der Waals surface area (Å²) in [5.41, 5.74) is 0.491. The van der Waals surface area contributed by atoms with E-state index in [4.69, 9.17) is 16.3 Å². The lowest BCUT2D eigenvalue weighted by Crippen LogP contribution is -2.51. The van der Waals surface area contributed by atoms with Gasteiger partial charge in [0.15, 0.2) is 0 Å². The Morgan fingerprint density at radius 1 is 1.50 bits per heavy atom. The number of nitrogens with one attached hydrogen (secondary N) is 1. The van der Waals surface area contributed by atoms with Gasteiger partial charge in [0.1, 0.15) is 5.38 Å². The van der Waals surface area contributed by atoms with Crippen LogP contribution in [0, 0.1) is 0 Å². The Bertz CT molecular complexity index is 423. The lowest BCUT2D eigenvalue weighted by atomic mass is 9.94. The fourth-order valence-corrected chi connectivity index (χ4v) is 2.32. The molecule has 18 heavy (non-hydrogen) atoms. The third kappa shape index (κ3) is 2.68. The first kappa shape index (κ1) is 13.4. The molecule has 1 fully saturated rings. The van der Waals surface area contributed by atoms with E-state index in [0.717, 1.165) is 12.0 Å². The largest absolute Gasteiger partial charge is 0.376 e. The van der Waals surface area contributed by atoms with Crippen LogP contribution in [0.25, 0.3) is 0 Å². The summed E-state index contributed by atoms with van der Waals surface area (Å²) in [6.45, 7) is 4.65. The van der Waals surface area contributed by atoms with Crippen LogP contribution in [0.15, 0.2) is 30.3 Å². The predicted molar refractivity (Wildman–Crippen MR) is 71.6 cm³/mol. The minimum atomic E-state index is -0.657. The molecule has 1 N–H and O–H groups in total. The number of hydrogen-bond acceptors (Lipinski definition) is 2. The van der Waals surface area contributed by atoms with E-state index in [-0.39, 0.29) is 17.6 Å². The molecule has 4 heteroatoms. The Balaban J connectivity index is 2.04. The normalized spacial score (nSPS) is 28.9. The molecule has 3 unspecified atom stereocenters. The second-order valence-electron chi connectivity index (χ2n) is 4.94. The van der Waals surface area contributed by atoms with Crippen LogP contribution < -0.4 is 5.32 Å². The highest BCUT2D eigenvalue weighted by Crippen LogP contribution is 2.27. The van der Waals surface area contributed by atoms with Gasteiger partial charge in [-0.3, -0.25) is 4.79 Å². The van der Waals surface area contributed by atoms with E-state index < -0.39 is 5.38 Å². The molecule has 0 saturated carbocycles. The molecular formula is C14H18ClNO2. The number of carbonyl (C=O) groups is 1. The second kappa shape index (κ2) is 5.29. The van der Waals surface area contributed by atoms with Crippen molar-refractivity contribution in [3.05, 3.63) is 35.9 Å². The number of hydrogen-bond donors (Lipinski definition) is 1. The molecule has 0 bridgehead atoms. The SMILES string of the molecule is CC1OCCC1(C)NC(=O)C(Cl)c1ccccc1. The molecule has 1 heterocycles. The van der Waals surface area contributed by atoms with E-state index in [0.29, 0.717) is 6.61 Å². The van der Waals surface area contributed by atoms with Crippen molar-refractivity contribution in [2.75, 3.05) is 6.61 Å². The van der Waals surface area contributed by atoms with Gasteiger partial charge in [0.05, 0.1) is 11.6 Å². The minimum absolute atomic E-state index is 0.0149. The zero-order valence-corrected chi connectivity index (χ0v) is 11.4. The lowest BCUT2D eigenvalue weighted by Gasteiger charge is -2.29. The van der Waals surface area contributed by atoms with Crippen LogP contribution in [0.3, 0.4) is 0 Å². The van der Waals surface area contributed by atoms with E-state index in [1.54, 1.807) is 0 Å². The molecule has 0 aliphatic carbocycles. The van der Waals surface area contributed by atoms with Crippen LogP contribution >= 0.6 is 11.6 Å². The van der Waals surface area contributed by atoms with Gasteiger partial charge in [0, 0.05) is 6.61 Å². The summed E-state index contributed by atoms with van der Waals surface area (Å²) in [5, 5.41) is 2.35. The summed E-state index contributed by atoms with van der Waals surface area (Å²) in [7, 11) is 0. The maximum atomic E-state index is 12.2. The quantitative estimate of drug-likeness (QED) is 0.855. The van der Waals surface area contributed by atoms with Gasteiger partial charge in [-0.2, -0.15) is 0 Å². The number of carbonyl (C=O) groups excluding carboxylic acids is 1. The van der Waals surface area contributed by atoms with Crippen molar-refractivity contribution >= 4 is 17.5 Å². The molecule has 3 nitrogen and oxygen atoms in total. The van der Waals surface area contributed by atoms with Gasteiger partial charge in [-0.1, -0.05) is 30.3 Å². The molecular weight excluding hydrogens is 250 g/mol. The van der Waals surface area contributed by atoms with Gasteiger partial charge in [-0.15, -0.1) is 11.6 Å². The fourth-order valence-electron chi connectivity index (χ4n) is 2.12. The summed E-state index contributed by atoms with van der Waals surface area (Å²) < 4.78 is 5.50. The number of amides is 1. The number of ether oxygens (including phenoxy) is 1. The fraction of sp³-hybridized carbons (Fsp3) is 0.500. The van der Waals surface area contributed by atoms with Gasteiger partial charge in [0.25, 0.3) is 0 Å². The van der Waals surface area contributed by atoms with Crippen LogP contribution in [-0.2, 0) is 9.53 Å². The molecule has 1 aliphatic rings. The summed E-state index contributed by atoms with van der Waals surface area (Å²) in [6, 6.07) is 9.36. The third-order valence-electron chi connectivity index (χ3n) is 3.62. The highest BCUT2D eigenvalue weighted by Gasteiger charge is 2.39. The van der Waals surface area contributed by atoms with Crippen LogP contribution in [-0.4, -0.2) is 24.2 Å². The zero-order valence-electron chi connectivity index (χ0n) is 10.7. The van der Waals surface area contributed by atoms with Crippen LogP contribution in [0.1, 0.15) is 31.2 Å². The molecule has 98 valence electrons. The first-order valence-corrected chi connectivity index (χ1v) is 6.59. The monoisotopic (exact) mass is 267 g/mol. The average Bonchev–Trinajstić information content (AvgIpc) is 2.69. The van der Waals surface area contributed by atoms with Gasteiger partial charge < -0.3 is 10.1 Å². The molecule has 3 atom stereocenters. The van der Waals surface area contributed by atoms with Crippen molar-refractivity contribution in [1.29, 1.82) is 0 Å². The van der Waals surface area contributed by atoms with Gasteiger partial charge in [0.2, 0.25) is 5.91 Å². The van der Waals surface area contributed by atoms with E-state index in [2.05, 4.69) is 5.32 Å². The van der Waals surface area contributed by atoms with E-state index in [1.165, 1.54) is 0 Å². The van der Waals surface area contributed by atoms with Gasteiger partial charge in [-0.05, 0) is 25.8 Å². The zero-order chi connectivity index (χ0) is 13.2. The van der Waals surface area contributed by atoms with Crippen molar-refractivity contribution in [2.24, 2.45) is 0 Å². The topological polar surface area (TPSA) is 38.3 Å². The van der Waals surface area contributed by atoms with Crippen LogP contribution in [0.4, 0.5) is 0 Å². The van der Waals surface area contributed by atoms with Gasteiger partial charge >= 0.3 is 0 Å². The van der Waals surface area contributed by atoms with E-state index in [1.807, 2.05) is 44.2 Å². The van der Waals surface area contributed by atoms with E-state index >= 15 is 0 Å². The average molecular weight is 268 g/mol. The Morgan fingerprint density at radius 2 is 2.17 bits per heavy atom. The second-order valence-corrected chi connectivity index (χ2v) is 5.38. The molecule has 1 amide bonds. The first-order valence-electron chi connectivity index (χ1n) is 6.15. The van der Waals surface area contributed by atoms with Crippen molar-refractivity contribution in [3.63, 3.8) is 0 Å². The van der Waals surface area contributed by atoms with Crippen LogP contribution in [0.2, 0.25) is 0 Å². The maximum Gasteiger partial charge on any atom is 0.243 e. The Morgan fingerprint density at radius 3 is 2.72 bits per heavy atom. The molecule has 0 aromatic heterocycles. The highest BCUT2D eigenvalue weighted by atomic mass is 35.5. The number of rotatable bonds is 3. The van der Waals surface area contributed by atoms with Crippen LogP contribution in [0.5, 0.6) is 0 Å².